The third kappa shape index (κ3) is 2.92. The van der Waals surface area contributed by atoms with Crippen molar-refractivity contribution < 1.29 is 9.53 Å². The summed E-state index contributed by atoms with van der Waals surface area (Å²) < 4.78 is 5.45. The molecule has 0 radical (unpaired) electrons. The average Bonchev–Trinajstić information content (AvgIpc) is 2.70. The number of carbonyl (C=O) groups is 1. The molecule has 0 bridgehead atoms. The second-order valence-electron chi connectivity index (χ2n) is 4.50. The van der Waals surface area contributed by atoms with E-state index in [1.807, 2.05) is 4.90 Å². The molecule has 1 atom stereocenters. The van der Waals surface area contributed by atoms with Gasteiger partial charge in [-0.25, -0.2) is 0 Å². The fourth-order valence-electron chi connectivity index (χ4n) is 2.29. The summed E-state index contributed by atoms with van der Waals surface area (Å²) in [6, 6.07) is 0. The first-order valence-corrected chi connectivity index (χ1v) is 5.87. The van der Waals surface area contributed by atoms with Gasteiger partial charge in [0, 0.05) is 26.2 Å². The molecular weight excluding hydrogens is 192 g/mol. The van der Waals surface area contributed by atoms with Gasteiger partial charge in [-0.05, 0) is 19.8 Å². The van der Waals surface area contributed by atoms with Gasteiger partial charge >= 0.3 is 0 Å². The predicted octanol–water partition coefficient (Wildman–Crippen LogP) is 0.329. The minimum atomic E-state index is 0.269. The van der Waals surface area contributed by atoms with Crippen LogP contribution in [0.25, 0.3) is 0 Å². The Hall–Kier alpha value is -0.610. The van der Waals surface area contributed by atoms with Crippen molar-refractivity contribution in [1.82, 2.24) is 9.80 Å². The van der Waals surface area contributed by atoms with E-state index in [-0.39, 0.29) is 6.10 Å². The molecule has 4 nitrogen and oxygen atoms in total. The maximum atomic E-state index is 11.9. The average molecular weight is 212 g/mol. The minimum Gasteiger partial charge on any atom is -0.376 e. The van der Waals surface area contributed by atoms with E-state index in [2.05, 4.69) is 11.8 Å². The van der Waals surface area contributed by atoms with Gasteiger partial charge in [0.05, 0.1) is 19.3 Å². The van der Waals surface area contributed by atoms with Crippen molar-refractivity contribution in [2.75, 3.05) is 39.3 Å². The lowest BCUT2D eigenvalue weighted by atomic mass is 10.3. The summed E-state index contributed by atoms with van der Waals surface area (Å²) in [6.45, 7) is 7.09. The largest absolute Gasteiger partial charge is 0.376 e. The molecule has 2 aliphatic heterocycles. The van der Waals surface area contributed by atoms with Crippen molar-refractivity contribution in [2.45, 2.75) is 25.9 Å². The molecule has 86 valence electrons. The molecule has 0 spiro atoms. The van der Waals surface area contributed by atoms with E-state index < -0.39 is 0 Å². The molecule has 0 aliphatic carbocycles. The molecule has 1 amide bonds. The molecule has 2 heterocycles. The van der Waals surface area contributed by atoms with Crippen molar-refractivity contribution in [3.05, 3.63) is 0 Å². The molecule has 4 heteroatoms. The Labute approximate surface area is 91.2 Å². The van der Waals surface area contributed by atoms with Crippen LogP contribution in [0, 0.1) is 0 Å². The first-order valence-electron chi connectivity index (χ1n) is 5.87. The number of hydrogen-bond acceptors (Lipinski definition) is 3. The van der Waals surface area contributed by atoms with Crippen LogP contribution in [-0.2, 0) is 9.53 Å². The highest BCUT2D eigenvalue weighted by atomic mass is 16.5. The van der Waals surface area contributed by atoms with Crippen LogP contribution >= 0.6 is 0 Å². The van der Waals surface area contributed by atoms with Crippen molar-refractivity contribution >= 4 is 5.91 Å². The van der Waals surface area contributed by atoms with E-state index in [4.69, 9.17) is 4.74 Å². The predicted molar refractivity (Wildman–Crippen MR) is 57.7 cm³/mol. The number of rotatable bonds is 2. The lowest BCUT2D eigenvalue weighted by Gasteiger charge is -2.31. The van der Waals surface area contributed by atoms with Crippen LogP contribution < -0.4 is 0 Å². The monoisotopic (exact) mass is 212 g/mol. The zero-order valence-corrected chi connectivity index (χ0v) is 9.45. The molecule has 0 aromatic rings. The van der Waals surface area contributed by atoms with Crippen LogP contribution in [0.4, 0.5) is 0 Å². The van der Waals surface area contributed by atoms with Gasteiger partial charge in [-0.15, -0.1) is 0 Å². The van der Waals surface area contributed by atoms with E-state index >= 15 is 0 Å². The minimum absolute atomic E-state index is 0.269. The summed E-state index contributed by atoms with van der Waals surface area (Å²) >= 11 is 0. The number of nitrogens with zero attached hydrogens (tertiary/aromatic N) is 2. The zero-order valence-electron chi connectivity index (χ0n) is 9.45. The third-order valence-electron chi connectivity index (χ3n) is 3.14. The van der Waals surface area contributed by atoms with Crippen LogP contribution in [0.15, 0.2) is 0 Å². The lowest BCUT2D eigenvalue weighted by Crippen LogP contribution is -2.46. The topological polar surface area (TPSA) is 32.8 Å². The number of carbonyl (C=O) groups excluding carboxylic acids is 1. The van der Waals surface area contributed by atoms with E-state index in [1.165, 1.54) is 12.8 Å². The third-order valence-corrected chi connectivity index (χ3v) is 3.14. The van der Waals surface area contributed by atoms with E-state index in [9.17, 15) is 4.79 Å². The number of hydrogen-bond donors (Lipinski definition) is 0. The van der Waals surface area contributed by atoms with Gasteiger partial charge in [-0.1, -0.05) is 0 Å². The van der Waals surface area contributed by atoms with Crippen LogP contribution in [-0.4, -0.2) is 61.1 Å². The molecule has 0 aromatic carbocycles. The summed E-state index contributed by atoms with van der Waals surface area (Å²) in [5.74, 6) is 0.293. The summed E-state index contributed by atoms with van der Waals surface area (Å²) in [6.07, 6.45) is 2.61. The fraction of sp³-hybridized carbons (Fsp3) is 0.909. The highest BCUT2D eigenvalue weighted by Crippen LogP contribution is 2.09. The first-order chi connectivity index (χ1) is 7.25. The van der Waals surface area contributed by atoms with Crippen molar-refractivity contribution in [1.29, 1.82) is 0 Å². The summed E-state index contributed by atoms with van der Waals surface area (Å²) in [5, 5.41) is 0. The van der Waals surface area contributed by atoms with Gasteiger partial charge in [-0.3, -0.25) is 9.69 Å². The Morgan fingerprint density at radius 3 is 2.73 bits per heavy atom. The van der Waals surface area contributed by atoms with Gasteiger partial charge < -0.3 is 9.64 Å². The van der Waals surface area contributed by atoms with Gasteiger partial charge in [0.2, 0.25) is 5.91 Å². The molecule has 2 fully saturated rings. The highest BCUT2D eigenvalue weighted by Gasteiger charge is 2.23. The lowest BCUT2D eigenvalue weighted by molar-refractivity contribution is -0.133. The molecule has 0 aromatic heterocycles. The zero-order chi connectivity index (χ0) is 10.7. The molecule has 15 heavy (non-hydrogen) atoms. The molecule has 2 saturated heterocycles. The Bertz CT molecular complexity index is 227. The normalized spacial score (nSPS) is 28.3. The number of likely N-dealkylation sites (tertiary alicyclic amines) is 1. The second kappa shape index (κ2) is 4.94. The molecule has 2 aliphatic rings. The van der Waals surface area contributed by atoms with Crippen molar-refractivity contribution in [2.24, 2.45) is 0 Å². The maximum absolute atomic E-state index is 11.9. The molecular formula is C11H20N2O2. The Kier molecular flexibility index (Phi) is 3.59. The van der Waals surface area contributed by atoms with Crippen LogP contribution in [0.2, 0.25) is 0 Å². The molecule has 0 saturated carbocycles. The number of ether oxygens (including phenoxy) is 1. The van der Waals surface area contributed by atoms with Crippen LogP contribution in [0.3, 0.4) is 0 Å². The Balaban J connectivity index is 1.77. The van der Waals surface area contributed by atoms with Gasteiger partial charge in [-0.2, -0.15) is 0 Å². The number of amides is 1. The van der Waals surface area contributed by atoms with Crippen LogP contribution in [0.1, 0.15) is 19.8 Å². The maximum Gasteiger partial charge on any atom is 0.236 e. The van der Waals surface area contributed by atoms with E-state index in [0.717, 1.165) is 32.8 Å². The SMILES string of the molecule is CC1CN(CC(=O)N2CCCC2)CCO1. The summed E-state index contributed by atoms with van der Waals surface area (Å²) in [7, 11) is 0. The van der Waals surface area contributed by atoms with Crippen molar-refractivity contribution in [3.63, 3.8) is 0 Å². The van der Waals surface area contributed by atoms with Gasteiger partial charge in [0.1, 0.15) is 0 Å². The Morgan fingerprint density at radius 2 is 2.07 bits per heavy atom. The second-order valence-corrected chi connectivity index (χ2v) is 4.50. The fourth-order valence-corrected chi connectivity index (χ4v) is 2.29. The van der Waals surface area contributed by atoms with Crippen LogP contribution in [0.5, 0.6) is 0 Å². The number of morpholine rings is 1. The van der Waals surface area contributed by atoms with E-state index in [0.29, 0.717) is 12.5 Å². The van der Waals surface area contributed by atoms with Gasteiger partial charge in [0.15, 0.2) is 0 Å². The molecule has 1 unspecified atom stereocenters. The van der Waals surface area contributed by atoms with E-state index in [1.54, 1.807) is 0 Å². The molecule has 2 rings (SSSR count). The standard InChI is InChI=1S/C11H20N2O2/c1-10-8-12(6-7-15-10)9-11(14)13-4-2-3-5-13/h10H,2-9H2,1H3. The summed E-state index contributed by atoms with van der Waals surface area (Å²) in [5.41, 5.74) is 0. The quantitative estimate of drug-likeness (QED) is 0.661. The smallest absolute Gasteiger partial charge is 0.236 e. The first kappa shape index (κ1) is 10.9. The highest BCUT2D eigenvalue weighted by molar-refractivity contribution is 5.78. The van der Waals surface area contributed by atoms with Gasteiger partial charge in [0.25, 0.3) is 0 Å². The molecule has 0 N–H and O–H groups in total. The Morgan fingerprint density at radius 1 is 1.33 bits per heavy atom. The summed E-state index contributed by atoms with van der Waals surface area (Å²) in [4.78, 5) is 16.1. The van der Waals surface area contributed by atoms with Crippen molar-refractivity contribution in [3.8, 4) is 0 Å².